The predicted octanol–water partition coefficient (Wildman–Crippen LogP) is 2.87. The molecule has 3 N–H and O–H groups in total. The molecule has 0 heterocycles. The maximum absolute atomic E-state index is 12.4. The lowest BCUT2D eigenvalue weighted by Crippen LogP contribution is -2.55. The molecular formula is C18H28N2O. The SMILES string of the molecule is Cc1ccc(CC(=O)NC2(CN)CCC(C)CC2)cc1C. The molecule has 0 atom stereocenters. The van der Waals surface area contributed by atoms with E-state index in [9.17, 15) is 4.79 Å². The maximum atomic E-state index is 12.4. The molecule has 3 heteroatoms. The summed E-state index contributed by atoms with van der Waals surface area (Å²) < 4.78 is 0. The molecule has 1 aliphatic rings. The van der Waals surface area contributed by atoms with Crippen molar-refractivity contribution in [1.82, 2.24) is 5.32 Å². The monoisotopic (exact) mass is 288 g/mol. The van der Waals surface area contributed by atoms with Gasteiger partial charge in [0.15, 0.2) is 0 Å². The summed E-state index contributed by atoms with van der Waals surface area (Å²) in [4.78, 5) is 12.4. The van der Waals surface area contributed by atoms with E-state index in [2.05, 4.69) is 38.2 Å². The molecule has 1 aliphatic carbocycles. The zero-order chi connectivity index (χ0) is 15.5. The van der Waals surface area contributed by atoms with Gasteiger partial charge in [0.1, 0.15) is 0 Å². The van der Waals surface area contributed by atoms with Gasteiger partial charge in [0, 0.05) is 6.54 Å². The number of hydrogen-bond donors (Lipinski definition) is 2. The molecule has 0 aromatic heterocycles. The Kier molecular flexibility index (Phi) is 5.04. The second kappa shape index (κ2) is 6.61. The highest BCUT2D eigenvalue weighted by atomic mass is 16.1. The smallest absolute Gasteiger partial charge is 0.224 e. The van der Waals surface area contributed by atoms with Crippen LogP contribution in [-0.4, -0.2) is 18.0 Å². The summed E-state index contributed by atoms with van der Waals surface area (Å²) in [7, 11) is 0. The molecule has 0 bridgehead atoms. The molecule has 21 heavy (non-hydrogen) atoms. The molecule has 1 saturated carbocycles. The van der Waals surface area contributed by atoms with E-state index in [1.54, 1.807) is 0 Å². The van der Waals surface area contributed by atoms with Gasteiger partial charge in [0.2, 0.25) is 5.91 Å². The summed E-state index contributed by atoms with van der Waals surface area (Å²) >= 11 is 0. The average molecular weight is 288 g/mol. The van der Waals surface area contributed by atoms with Crippen molar-refractivity contribution in [3.05, 3.63) is 34.9 Å². The molecule has 0 saturated heterocycles. The minimum Gasteiger partial charge on any atom is -0.349 e. The summed E-state index contributed by atoms with van der Waals surface area (Å²) in [6.45, 7) is 6.99. The van der Waals surface area contributed by atoms with E-state index >= 15 is 0 Å². The molecule has 1 aromatic rings. The van der Waals surface area contributed by atoms with E-state index in [0.717, 1.165) is 37.2 Å². The van der Waals surface area contributed by atoms with Crippen LogP contribution in [0.2, 0.25) is 0 Å². The second-order valence-corrected chi connectivity index (χ2v) is 6.81. The Morgan fingerprint density at radius 1 is 1.29 bits per heavy atom. The third-order valence-electron chi connectivity index (χ3n) is 4.96. The molecule has 0 unspecified atom stereocenters. The van der Waals surface area contributed by atoms with Crippen LogP contribution in [0, 0.1) is 19.8 Å². The summed E-state index contributed by atoms with van der Waals surface area (Å²) in [6.07, 6.45) is 4.76. The quantitative estimate of drug-likeness (QED) is 0.895. The summed E-state index contributed by atoms with van der Waals surface area (Å²) in [6, 6.07) is 6.23. The second-order valence-electron chi connectivity index (χ2n) is 6.81. The van der Waals surface area contributed by atoms with Gasteiger partial charge >= 0.3 is 0 Å². The Balaban J connectivity index is 1.98. The Hall–Kier alpha value is -1.35. The number of amides is 1. The molecule has 0 radical (unpaired) electrons. The van der Waals surface area contributed by atoms with Crippen LogP contribution in [0.4, 0.5) is 0 Å². The van der Waals surface area contributed by atoms with Crippen molar-refractivity contribution in [3.8, 4) is 0 Å². The highest BCUT2D eigenvalue weighted by molar-refractivity contribution is 5.79. The minimum atomic E-state index is -0.177. The van der Waals surface area contributed by atoms with Gasteiger partial charge in [-0.15, -0.1) is 0 Å². The zero-order valence-corrected chi connectivity index (χ0v) is 13.5. The molecule has 1 aromatic carbocycles. The number of carbonyl (C=O) groups is 1. The van der Waals surface area contributed by atoms with Crippen molar-refractivity contribution in [2.45, 2.75) is 58.4 Å². The fourth-order valence-corrected chi connectivity index (χ4v) is 3.13. The Labute approximate surface area is 128 Å². The molecule has 3 nitrogen and oxygen atoms in total. The van der Waals surface area contributed by atoms with Crippen molar-refractivity contribution in [1.29, 1.82) is 0 Å². The molecule has 2 rings (SSSR count). The van der Waals surface area contributed by atoms with Crippen LogP contribution in [0.15, 0.2) is 18.2 Å². The number of benzene rings is 1. The van der Waals surface area contributed by atoms with Crippen LogP contribution in [0.1, 0.15) is 49.3 Å². The standard InChI is InChI=1S/C18H28N2O/c1-13-6-8-18(12-19,9-7-13)20-17(21)11-16-5-4-14(2)15(3)10-16/h4-5,10,13H,6-9,11-12,19H2,1-3H3,(H,20,21). The Morgan fingerprint density at radius 3 is 2.52 bits per heavy atom. The number of rotatable bonds is 4. The van der Waals surface area contributed by atoms with E-state index in [1.807, 2.05) is 6.07 Å². The fourth-order valence-electron chi connectivity index (χ4n) is 3.13. The van der Waals surface area contributed by atoms with E-state index in [0.29, 0.717) is 13.0 Å². The maximum Gasteiger partial charge on any atom is 0.224 e. The highest BCUT2D eigenvalue weighted by Crippen LogP contribution is 2.31. The van der Waals surface area contributed by atoms with E-state index in [4.69, 9.17) is 5.73 Å². The minimum absolute atomic E-state index is 0.0956. The number of hydrogen-bond acceptors (Lipinski definition) is 2. The van der Waals surface area contributed by atoms with Crippen molar-refractivity contribution in [2.75, 3.05) is 6.54 Å². The van der Waals surface area contributed by atoms with Crippen molar-refractivity contribution >= 4 is 5.91 Å². The largest absolute Gasteiger partial charge is 0.349 e. The first-order chi connectivity index (χ1) is 9.94. The van der Waals surface area contributed by atoms with Crippen LogP contribution >= 0.6 is 0 Å². The van der Waals surface area contributed by atoms with Crippen molar-refractivity contribution in [3.63, 3.8) is 0 Å². The first-order valence-electron chi connectivity index (χ1n) is 8.01. The van der Waals surface area contributed by atoms with E-state index < -0.39 is 0 Å². The van der Waals surface area contributed by atoms with Gasteiger partial charge in [-0.3, -0.25) is 4.79 Å². The lowest BCUT2D eigenvalue weighted by Gasteiger charge is -2.39. The van der Waals surface area contributed by atoms with Gasteiger partial charge in [0.25, 0.3) is 0 Å². The molecule has 116 valence electrons. The van der Waals surface area contributed by atoms with Gasteiger partial charge in [-0.25, -0.2) is 0 Å². The third-order valence-corrected chi connectivity index (χ3v) is 4.96. The predicted molar refractivity (Wildman–Crippen MR) is 87.2 cm³/mol. The van der Waals surface area contributed by atoms with E-state index in [1.165, 1.54) is 11.1 Å². The van der Waals surface area contributed by atoms with Crippen LogP contribution in [0.3, 0.4) is 0 Å². The zero-order valence-electron chi connectivity index (χ0n) is 13.5. The lowest BCUT2D eigenvalue weighted by atomic mass is 9.77. The normalized spacial score (nSPS) is 25.6. The summed E-state index contributed by atoms with van der Waals surface area (Å²) in [5.41, 5.74) is 9.35. The van der Waals surface area contributed by atoms with Crippen molar-refractivity contribution < 1.29 is 4.79 Å². The van der Waals surface area contributed by atoms with Crippen LogP contribution < -0.4 is 11.1 Å². The lowest BCUT2D eigenvalue weighted by molar-refractivity contribution is -0.122. The Morgan fingerprint density at radius 2 is 1.95 bits per heavy atom. The molecule has 1 amide bonds. The van der Waals surface area contributed by atoms with Gasteiger partial charge in [0.05, 0.1) is 12.0 Å². The molecule has 1 fully saturated rings. The molecular weight excluding hydrogens is 260 g/mol. The number of carbonyl (C=O) groups excluding carboxylic acids is 1. The van der Waals surface area contributed by atoms with Crippen molar-refractivity contribution in [2.24, 2.45) is 11.7 Å². The van der Waals surface area contributed by atoms with Gasteiger partial charge in [-0.05, 0) is 62.1 Å². The highest BCUT2D eigenvalue weighted by Gasteiger charge is 2.34. The van der Waals surface area contributed by atoms with Crippen LogP contribution in [0.25, 0.3) is 0 Å². The van der Waals surface area contributed by atoms with Gasteiger partial charge in [-0.2, -0.15) is 0 Å². The molecule has 0 aliphatic heterocycles. The van der Waals surface area contributed by atoms with Gasteiger partial charge in [-0.1, -0.05) is 25.1 Å². The first kappa shape index (κ1) is 16.0. The average Bonchev–Trinajstić information content (AvgIpc) is 2.46. The first-order valence-corrected chi connectivity index (χ1v) is 8.01. The van der Waals surface area contributed by atoms with Crippen LogP contribution in [0.5, 0.6) is 0 Å². The topological polar surface area (TPSA) is 55.1 Å². The number of aryl methyl sites for hydroxylation is 2. The Bertz CT molecular complexity index is 502. The number of nitrogens with two attached hydrogens (primary N) is 1. The van der Waals surface area contributed by atoms with Crippen LogP contribution in [-0.2, 0) is 11.2 Å². The summed E-state index contributed by atoms with van der Waals surface area (Å²) in [5, 5.41) is 3.22. The molecule has 0 spiro atoms. The van der Waals surface area contributed by atoms with Gasteiger partial charge < -0.3 is 11.1 Å². The number of nitrogens with one attached hydrogen (secondary N) is 1. The third kappa shape index (κ3) is 4.07. The fraction of sp³-hybridized carbons (Fsp3) is 0.611. The van der Waals surface area contributed by atoms with E-state index in [-0.39, 0.29) is 11.4 Å². The summed E-state index contributed by atoms with van der Waals surface area (Å²) in [5.74, 6) is 0.847.